The molecule has 0 aliphatic carbocycles. The Labute approximate surface area is 257 Å². The van der Waals surface area contributed by atoms with Crippen LogP contribution in [0.3, 0.4) is 0 Å². The molecule has 13 heteroatoms. The van der Waals surface area contributed by atoms with Crippen LogP contribution >= 0.6 is 11.8 Å². The van der Waals surface area contributed by atoms with Crippen LogP contribution in [0.25, 0.3) is 0 Å². The lowest BCUT2D eigenvalue weighted by atomic mass is 10.1. The summed E-state index contributed by atoms with van der Waals surface area (Å²) in [6.45, 7) is 1.49. The Morgan fingerprint density at radius 1 is 0.860 bits per heavy atom. The maximum Gasteiger partial charge on any atom is 0.322 e. The Hall–Kier alpha value is -3.42. The minimum absolute atomic E-state index is 0.0542. The largest absolute Gasteiger partial charge is 0.481 e. The molecule has 0 saturated carbocycles. The van der Waals surface area contributed by atoms with E-state index in [0.29, 0.717) is 0 Å². The van der Waals surface area contributed by atoms with Gasteiger partial charge in [-0.1, -0.05) is 68.4 Å². The summed E-state index contributed by atoms with van der Waals surface area (Å²) >= 11 is 1.13. The standard InChI is InChI=1S/C30H47N3O9S/c1-2-3-4-5-6-7-8-9-10-11-12-13-16-25(24(34)15-14-17-27(36)37)43-21-23(29(40)32-20-28(38)39)33-26(35)19-18-22(31)30(41)42/h6-7,9-13,16,22-25,34H,2-5,8,14-15,17-21,31H2,1H3,(H,32,40)(H,33,35)(H,36,37)(H,38,39)(H,41,42)/b7-6-,10-9-,12-11+,16-13+/t22?,23-,24-,25+/m0/s1. The van der Waals surface area contributed by atoms with Gasteiger partial charge in [-0.25, -0.2) is 0 Å². The molecule has 0 aromatic rings. The first-order chi connectivity index (χ1) is 20.5. The number of aliphatic hydroxyl groups is 1. The second kappa shape index (κ2) is 25.1. The number of carboxylic acid groups (broad SMARTS) is 3. The lowest BCUT2D eigenvalue weighted by Gasteiger charge is -2.23. The Bertz CT molecular complexity index is 982. The summed E-state index contributed by atoms with van der Waals surface area (Å²) in [6.07, 6.45) is 19.5. The number of nitrogens with one attached hydrogen (secondary N) is 2. The number of hydrogen-bond acceptors (Lipinski definition) is 8. The van der Waals surface area contributed by atoms with Gasteiger partial charge in [0.25, 0.3) is 0 Å². The number of carbonyl (C=O) groups is 5. The van der Waals surface area contributed by atoms with Crippen LogP contribution in [0.1, 0.15) is 71.1 Å². The third-order valence-electron chi connectivity index (χ3n) is 5.97. The van der Waals surface area contributed by atoms with Crippen LogP contribution in [0.4, 0.5) is 0 Å². The molecule has 8 N–H and O–H groups in total. The molecule has 0 radical (unpaired) electrons. The molecule has 0 aromatic heterocycles. The fourth-order valence-electron chi connectivity index (χ4n) is 3.54. The molecule has 0 aliphatic heterocycles. The molecular formula is C30H47N3O9S. The summed E-state index contributed by atoms with van der Waals surface area (Å²) in [6, 6.07) is -2.45. The topological polar surface area (TPSA) is 216 Å². The van der Waals surface area contributed by atoms with Crippen molar-refractivity contribution in [2.75, 3.05) is 12.3 Å². The molecule has 0 fully saturated rings. The minimum atomic E-state index is -1.28. The van der Waals surface area contributed by atoms with Gasteiger partial charge in [-0.05, 0) is 38.5 Å². The lowest BCUT2D eigenvalue weighted by molar-refractivity contribution is -0.139. The highest BCUT2D eigenvalue weighted by Gasteiger charge is 2.25. The maximum atomic E-state index is 12.6. The van der Waals surface area contributed by atoms with Crippen LogP contribution in [-0.2, 0) is 24.0 Å². The second-order valence-corrected chi connectivity index (χ2v) is 11.0. The van der Waals surface area contributed by atoms with Gasteiger partial charge in [0.05, 0.1) is 6.10 Å². The fraction of sp³-hybridized carbons (Fsp3) is 0.567. The van der Waals surface area contributed by atoms with Crippen molar-refractivity contribution in [1.29, 1.82) is 0 Å². The van der Waals surface area contributed by atoms with Crippen LogP contribution < -0.4 is 16.4 Å². The van der Waals surface area contributed by atoms with E-state index in [9.17, 15) is 29.1 Å². The normalized spacial score (nSPS) is 14.7. The zero-order valence-corrected chi connectivity index (χ0v) is 25.5. The van der Waals surface area contributed by atoms with Crippen molar-refractivity contribution in [3.63, 3.8) is 0 Å². The zero-order chi connectivity index (χ0) is 32.5. The average molecular weight is 626 g/mol. The van der Waals surface area contributed by atoms with Crippen LogP contribution in [0, 0.1) is 0 Å². The molecule has 0 heterocycles. The number of unbranched alkanes of at least 4 members (excludes halogenated alkanes) is 3. The van der Waals surface area contributed by atoms with Crippen molar-refractivity contribution in [2.45, 2.75) is 94.6 Å². The number of aliphatic carboxylic acids is 3. The molecule has 242 valence electrons. The Kier molecular flexibility index (Phi) is 23.1. The number of allylic oxidation sites excluding steroid dienone is 7. The molecule has 2 amide bonds. The van der Waals surface area contributed by atoms with Crippen LogP contribution in [0.15, 0.2) is 48.6 Å². The number of carboxylic acids is 3. The smallest absolute Gasteiger partial charge is 0.322 e. The number of aliphatic hydroxyl groups excluding tert-OH is 1. The van der Waals surface area contributed by atoms with E-state index in [1.807, 2.05) is 18.2 Å². The highest BCUT2D eigenvalue weighted by atomic mass is 32.2. The molecule has 0 aromatic carbocycles. The fourth-order valence-corrected chi connectivity index (χ4v) is 4.75. The van der Waals surface area contributed by atoms with E-state index in [-0.39, 0.29) is 37.9 Å². The van der Waals surface area contributed by atoms with Crippen LogP contribution in [0.2, 0.25) is 0 Å². The van der Waals surface area contributed by atoms with Crippen LogP contribution in [-0.4, -0.2) is 85.9 Å². The third-order valence-corrected chi connectivity index (χ3v) is 7.36. The van der Waals surface area contributed by atoms with Crippen LogP contribution in [0.5, 0.6) is 0 Å². The Morgan fingerprint density at radius 2 is 1.58 bits per heavy atom. The summed E-state index contributed by atoms with van der Waals surface area (Å²) in [7, 11) is 0. The predicted molar refractivity (Wildman–Crippen MR) is 166 cm³/mol. The third kappa shape index (κ3) is 22.8. The van der Waals surface area contributed by atoms with Gasteiger partial charge in [0.15, 0.2) is 0 Å². The summed E-state index contributed by atoms with van der Waals surface area (Å²) in [5.74, 6) is -5.01. The van der Waals surface area contributed by atoms with Crippen molar-refractivity contribution in [1.82, 2.24) is 10.6 Å². The van der Waals surface area contributed by atoms with E-state index >= 15 is 0 Å². The summed E-state index contributed by atoms with van der Waals surface area (Å²) in [5, 5.41) is 41.6. The van der Waals surface area contributed by atoms with Gasteiger partial charge in [0.1, 0.15) is 18.6 Å². The first kappa shape index (κ1) is 39.6. The average Bonchev–Trinajstić information content (AvgIpc) is 2.95. The number of carbonyl (C=O) groups excluding carboxylic acids is 2. The van der Waals surface area contributed by atoms with E-state index in [1.54, 1.807) is 18.2 Å². The van der Waals surface area contributed by atoms with E-state index in [0.717, 1.165) is 24.6 Å². The quantitative estimate of drug-likeness (QED) is 0.0444. The molecule has 0 spiro atoms. The highest BCUT2D eigenvalue weighted by molar-refractivity contribution is 8.00. The van der Waals surface area contributed by atoms with E-state index < -0.39 is 59.7 Å². The predicted octanol–water partition coefficient (Wildman–Crippen LogP) is 2.78. The molecule has 0 saturated heterocycles. The van der Waals surface area contributed by atoms with Gasteiger partial charge in [0, 0.05) is 23.8 Å². The zero-order valence-electron chi connectivity index (χ0n) is 24.7. The molecule has 1 unspecified atom stereocenters. The number of amides is 2. The van der Waals surface area contributed by atoms with E-state index in [4.69, 9.17) is 21.1 Å². The summed E-state index contributed by atoms with van der Waals surface area (Å²) in [5.41, 5.74) is 5.43. The second-order valence-electron chi connectivity index (χ2n) is 9.77. The number of hydrogen-bond donors (Lipinski definition) is 7. The highest BCUT2D eigenvalue weighted by Crippen LogP contribution is 2.22. The van der Waals surface area contributed by atoms with Crippen molar-refractivity contribution < 1.29 is 44.4 Å². The molecule has 43 heavy (non-hydrogen) atoms. The molecular weight excluding hydrogens is 578 g/mol. The molecule has 12 nitrogen and oxygen atoms in total. The number of thioether (sulfide) groups is 1. The lowest BCUT2D eigenvalue weighted by Crippen LogP contribution is -2.50. The Balaban J connectivity index is 5.38. The number of rotatable bonds is 25. The summed E-state index contributed by atoms with van der Waals surface area (Å²) in [4.78, 5) is 57.8. The van der Waals surface area contributed by atoms with Crippen molar-refractivity contribution in [3.8, 4) is 0 Å². The van der Waals surface area contributed by atoms with Gasteiger partial charge >= 0.3 is 17.9 Å². The first-order valence-corrected chi connectivity index (χ1v) is 15.5. The first-order valence-electron chi connectivity index (χ1n) is 14.4. The molecule has 4 atom stereocenters. The maximum absolute atomic E-state index is 12.6. The minimum Gasteiger partial charge on any atom is -0.481 e. The van der Waals surface area contributed by atoms with Gasteiger partial charge in [-0.2, -0.15) is 0 Å². The monoisotopic (exact) mass is 625 g/mol. The number of nitrogens with two attached hydrogens (primary N) is 1. The van der Waals surface area contributed by atoms with Gasteiger partial charge in [-0.15, -0.1) is 11.8 Å². The van der Waals surface area contributed by atoms with Crippen molar-refractivity contribution in [3.05, 3.63) is 48.6 Å². The van der Waals surface area contributed by atoms with Gasteiger partial charge in [-0.3, -0.25) is 24.0 Å². The Morgan fingerprint density at radius 3 is 2.23 bits per heavy atom. The van der Waals surface area contributed by atoms with Gasteiger partial charge in [0.2, 0.25) is 11.8 Å². The van der Waals surface area contributed by atoms with Crippen molar-refractivity contribution in [2.24, 2.45) is 5.73 Å². The molecule has 0 rings (SSSR count). The molecule has 0 aliphatic rings. The van der Waals surface area contributed by atoms with E-state index in [2.05, 4.69) is 29.7 Å². The van der Waals surface area contributed by atoms with E-state index in [1.165, 1.54) is 19.3 Å². The van der Waals surface area contributed by atoms with Crippen molar-refractivity contribution >= 4 is 41.5 Å². The molecule has 0 bridgehead atoms. The summed E-state index contributed by atoms with van der Waals surface area (Å²) < 4.78 is 0. The SMILES string of the molecule is CCCCC/C=C\C\C=C/C=C/C=C/[C@@H](SC[C@H](NC(=O)CCC(N)C(=O)O)C(=O)NCC(=O)O)[C@@H](O)CCCC(=O)O. The van der Waals surface area contributed by atoms with Gasteiger partial charge < -0.3 is 36.8 Å².